The molecule has 1 rings (SSSR count). The smallest absolute Gasteiger partial charge is 0.0531 e. The van der Waals surface area contributed by atoms with Crippen LogP contribution >= 0.6 is 0 Å². The van der Waals surface area contributed by atoms with Crippen LogP contribution in [0.2, 0.25) is 0 Å². The minimum Gasteiger partial charge on any atom is -0.329 e. The minimum absolute atomic E-state index is 0.281. The van der Waals surface area contributed by atoms with E-state index in [4.69, 9.17) is 5.73 Å². The van der Waals surface area contributed by atoms with Crippen molar-refractivity contribution in [2.24, 2.45) is 5.73 Å². The van der Waals surface area contributed by atoms with Gasteiger partial charge < -0.3 is 5.73 Å². The molecule has 0 aliphatic heterocycles. The Morgan fingerprint density at radius 2 is 2.19 bits per heavy atom. The van der Waals surface area contributed by atoms with E-state index in [1.54, 1.807) is 0 Å². The van der Waals surface area contributed by atoms with Crippen molar-refractivity contribution in [1.82, 2.24) is 9.78 Å². The molecule has 1 atom stereocenters. The van der Waals surface area contributed by atoms with Gasteiger partial charge >= 0.3 is 0 Å². The zero-order chi connectivity index (χ0) is 12.0. The summed E-state index contributed by atoms with van der Waals surface area (Å²) in [5.74, 6) is 0. The van der Waals surface area contributed by atoms with Gasteiger partial charge in [-0.15, -0.1) is 0 Å². The molecule has 1 aromatic rings. The average molecular weight is 223 g/mol. The van der Waals surface area contributed by atoms with Gasteiger partial charge in [0, 0.05) is 12.7 Å². The van der Waals surface area contributed by atoms with Crippen molar-refractivity contribution in [3.63, 3.8) is 0 Å². The predicted octanol–water partition coefficient (Wildman–Crippen LogP) is 2.70. The lowest BCUT2D eigenvalue weighted by Gasteiger charge is -2.26. The highest BCUT2D eigenvalue weighted by molar-refractivity contribution is 5.17. The minimum atomic E-state index is 0.281. The van der Waals surface area contributed by atoms with Gasteiger partial charge in [0.15, 0.2) is 0 Å². The van der Waals surface area contributed by atoms with Gasteiger partial charge in [-0.25, -0.2) is 0 Å². The van der Waals surface area contributed by atoms with Crippen molar-refractivity contribution in [3.8, 4) is 0 Å². The summed E-state index contributed by atoms with van der Waals surface area (Å²) in [7, 11) is 0. The standard InChI is InChI=1S/C13H25N3/c1-4-6-7-13(3,5-2)12-10-15-16(11-12)9-8-14/h10-11H,4-9,14H2,1-3H3. The third-order valence-corrected chi connectivity index (χ3v) is 3.55. The van der Waals surface area contributed by atoms with Gasteiger partial charge in [-0.2, -0.15) is 5.10 Å². The van der Waals surface area contributed by atoms with Crippen LogP contribution in [0.4, 0.5) is 0 Å². The van der Waals surface area contributed by atoms with Crippen LogP contribution in [0.15, 0.2) is 12.4 Å². The topological polar surface area (TPSA) is 43.8 Å². The summed E-state index contributed by atoms with van der Waals surface area (Å²) >= 11 is 0. The first kappa shape index (κ1) is 13.2. The first-order chi connectivity index (χ1) is 7.66. The van der Waals surface area contributed by atoms with E-state index in [-0.39, 0.29) is 5.41 Å². The van der Waals surface area contributed by atoms with Crippen molar-refractivity contribution < 1.29 is 0 Å². The maximum absolute atomic E-state index is 5.53. The summed E-state index contributed by atoms with van der Waals surface area (Å²) in [6.07, 6.45) is 9.12. The third kappa shape index (κ3) is 3.08. The second-order valence-electron chi connectivity index (χ2n) is 4.80. The van der Waals surface area contributed by atoms with Crippen LogP contribution in [-0.4, -0.2) is 16.3 Å². The molecule has 0 spiro atoms. The van der Waals surface area contributed by atoms with Gasteiger partial charge in [-0.3, -0.25) is 4.68 Å². The van der Waals surface area contributed by atoms with Crippen molar-refractivity contribution in [1.29, 1.82) is 0 Å². The molecule has 1 aromatic heterocycles. The Kier molecular flexibility index (Phi) is 5.00. The van der Waals surface area contributed by atoms with Crippen molar-refractivity contribution in [3.05, 3.63) is 18.0 Å². The summed E-state index contributed by atoms with van der Waals surface area (Å²) < 4.78 is 1.95. The summed E-state index contributed by atoms with van der Waals surface area (Å²) in [5.41, 5.74) is 7.17. The first-order valence-corrected chi connectivity index (χ1v) is 6.39. The van der Waals surface area contributed by atoms with Crippen LogP contribution in [0, 0.1) is 0 Å². The number of aromatic nitrogens is 2. The van der Waals surface area contributed by atoms with E-state index < -0.39 is 0 Å². The number of nitrogens with zero attached hydrogens (tertiary/aromatic N) is 2. The molecule has 3 heteroatoms. The molecule has 0 aliphatic carbocycles. The fourth-order valence-corrected chi connectivity index (χ4v) is 2.02. The molecule has 0 saturated carbocycles. The van der Waals surface area contributed by atoms with E-state index in [0.717, 1.165) is 6.54 Å². The Morgan fingerprint density at radius 3 is 2.75 bits per heavy atom. The second-order valence-corrected chi connectivity index (χ2v) is 4.80. The molecule has 1 heterocycles. The molecule has 0 radical (unpaired) electrons. The van der Waals surface area contributed by atoms with Gasteiger partial charge in [-0.1, -0.05) is 33.6 Å². The Hall–Kier alpha value is -0.830. The molecule has 92 valence electrons. The van der Waals surface area contributed by atoms with Gasteiger partial charge in [-0.05, 0) is 23.8 Å². The van der Waals surface area contributed by atoms with E-state index in [1.165, 1.54) is 31.2 Å². The highest BCUT2D eigenvalue weighted by Gasteiger charge is 2.25. The van der Waals surface area contributed by atoms with Crippen LogP contribution in [0.5, 0.6) is 0 Å². The molecule has 0 fully saturated rings. The highest BCUT2D eigenvalue weighted by Crippen LogP contribution is 2.32. The number of unbranched alkanes of at least 4 members (excludes halogenated alkanes) is 1. The average Bonchev–Trinajstić information content (AvgIpc) is 2.75. The van der Waals surface area contributed by atoms with E-state index in [9.17, 15) is 0 Å². The van der Waals surface area contributed by atoms with Crippen molar-refractivity contribution in [2.75, 3.05) is 6.54 Å². The summed E-state index contributed by atoms with van der Waals surface area (Å²) in [6.45, 7) is 8.31. The normalized spacial score (nSPS) is 15.0. The van der Waals surface area contributed by atoms with Crippen LogP contribution in [0.1, 0.15) is 52.0 Å². The van der Waals surface area contributed by atoms with Gasteiger partial charge in [0.2, 0.25) is 0 Å². The lowest BCUT2D eigenvalue weighted by atomic mass is 9.77. The number of rotatable bonds is 7. The molecule has 0 bridgehead atoms. The summed E-state index contributed by atoms with van der Waals surface area (Å²) in [5, 5.41) is 4.36. The summed E-state index contributed by atoms with van der Waals surface area (Å²) in [6, 6.07) is 0. The fraction of sp³-hybridized carbons (Fsp3) is 0.769. The van der Waals surface area contributed by atoms with E-state index in [0.29, 0.717) is 6.54 Å². The molecule has 0 aliphatic rings. The quantitative estimate of drug-likeness (QED) is 0.772. The van der Waals surface area contributed by atoms with Gasteiger partial charge in [0.1, 0.15) is 0 Å². The maximum atomic E-state index is 5.53. The number of hydrogen-bond donors (Lipinski definition) is 1. The van der Waals surface area contributed by atoms with E-state index >= 15 is 0 Å². The largest absolute Gasteiger partial charge is 0.329 e. The van der Waals surface area contributed by atoms with Gasteiger partial charge in [0.05, 0.1) is 12.7 Å². The molecule has 0 amide bonds. The lowest BCUT2D eigenvalue weighted by molar-refractivity contribution is 0.402. The predicted molar refractivity (Wildman–Crippen MR) is 68.4 cm³/mol. The third-order valence-electron chi connectivity index (χ3n) is 3.55. The van der Waals surface area contributed by atoms with Crippen LogP contribution in [0.3, 0.4) is 0 Å². The molecule has 0 aromatic carbocycles. The SMILES string of the molecule is CCCCC(C)(CC)c1cnn(CCN)c1. The molecule has 16 heavy (non-hydrogen) atoms. The monoisotopic (exact) mass is 223 g/mol. The zero-order valence-electron chi connectivity index (χ0n) is 10.9. The molecular weight excluding hydrogens is 198 g/mol. The zero-order valence-corrected chi connectivity index (χ0v) is 10.9. The Morgan fingerprint density at radius 1 is 1.44 bits per heavy atom. The van der Waals surface area contributed by atoms with Crippen molar-refractivity contribution >= 4 is 0 Å². The first-order valence-electron chi connectivity index (χ1n) is 6.39. The Balaban J connectivity index is 2.76. The number of nitrogens with two attached hydrogens (primary N) is 1. The Bertz CT molecular complexity index is 306. The summed E-state index contributed by atoms with van der Waals surface area (Å²) in [4.78, 5) is 0. The van der Waals surface area contributed by atoms with E-state index in [2.05, 4.69) is 32.1 Å². The van der Waals surface area contributed by atoms with Crippen LogP contribution in [-0.2, 0) is 12.0 Å². The Labute approximate surface area is 99.0 Å². The lowest BCUT2D eigenvalue weighted by Crippen LogP contribution is -2.20. The van der Waals surface area contributed by atoms with Crippen molar-refractivity contribution in [2.45, 2.75) is 58.4 Å². The van der Waals surface area contributed by atoms with Gasteiger partial charge in [0.25, 0.3) is 0 Å². The van der Waals surface area contributed by atoms with Crippen LogP contribution < -0.4 is 5.73 Å². The molecule has 1 unspecified atom stereocenters. The molecule has 0 saturated heterocycles. The van der Waals surface area contributed by atoms with E-state index in [1.807, 2.05) is 10.9 Å². The molecular formula is C13H25N3. The maximum Gasteiger partial charge on any atom is 0.0531 e. The molecule has 3 nitrogen and oxygen atoms in total. The highest BCUT2D eigenvalue weighted by atomic mass is 15.3. The fourth-order valence-electron chi connectivity index (χ4n) is 2.02. The van der Waals surface area contributed by atoms with Crippen LogP contribution in [0.25, 0.3) is 0 Å². The second kappa shape index (κ2) is 6.04. The number of hydrogen-bond acceptors (Lipinski definition) is 2. The molecule has 2 N–H and O–H groups in total.